The van der Waals surface area contributed by atoms with Gasteiger partial charge in [-0.05, 0) is 52.7 Å². The number of benzene rings is 2. The summed E-state index contributed by atoms with van der Waals surface area (Å²) in [6.07, 6.45) is 0. The monoisotopic (exact) mass is 334 g/mol. The summed E-state index contributed by atoms with van der Waals surface area (Å²) in [5.41, 5.74) is 2.87. The first-order valence-corrected chi connectivity index (χ1v) is 7.92. The van der Waals surface area contributed by atoms with Crippen molar-refractivity contribution in [2.45, 2.75) is 17.8 Å². The number of nitrogens with zero attached hydrogens (tertiary/aromatic N) is 4. The number of hydrogen-bond acceptors (Lipinski definition) is 4. The molecule has 3 rings (SSSR count). The van der Waals surface area contributed by atoms with Gasteiger partial charge in [0, 0.05) is 10.8 Å². The second-order valence-electron chi connectivity index (χ2n) is 4.74. The lowest BCUT2D eigenvalue weighted by molar-refractivity contribution is 0.627. The molecule has 7 heteroatoms. The highest BCUT2D eigenvalue weighted by Gasteiger charge is 2.11. The van der Waals surface area contributed by atoms with Crippen LogP contribution in [0.2, 0.25) is 5.02 Å². The molecule has 0 saturated carbocycles. The lowest BCUT2D eigenvalue weighted by atomic mass is 10.2. The largest absolute Gasteiger partial charge is 0.214 e. The molecule has 4 nitrogen and oxygen atoms in total. The molecule has 22 heavy (non-hydrogen) atoms. The number of tetrazole rings is 1. The van der Waals surface area contributed by atoms with E-state index in [4.69, 9.17) is 11.6 Å². The van der Waals surface area contributed by atoms with Gasteiger partial charge in [-0.25, -0.2) is 4.39 Å². The zero-order valence-corrected chi connectivity index (χ0v) is 13.3. The molecule has 0 spiro atoms. The van der Waals surface area contributed by atoms with Crippen LogP contribution in [-0.2, 0) is 5.75 Å². The number of rotatable bonds is 4. The van der Waals surface area contributed by atoms with Gasteiger partial charge in [0.25, 0.3) is 0 Å². The van der Waals surface area contributed by atoms with Crippen LogP contribution >= 0.6 is 23.4 Å². The van der Waals surface area contributed by atoms with Gasteiger partial charge in [0.2, 0.25) is 5.16 Å². The summed E-state index contributed by atoms with van der Waals surface area (Å²) in [6, 6.07) is 12.3. The zero-order valence-electron chi connectivity index (χ0n) is 11.7. The molecular weight excluding hydrogens is 323 g/mol. The fourth-order valence-electron chi connectivity index (χ4n) is 1.97. The molecule has 0 atom stereocenters. The Morgan fingerprint density at radius 2 is 2.09 bits per heavy atom. The van der Waals surface area contributed by atoms with Crippen molar-refractivity contribution in [2.75, 3.05) is 0 Å². The van der Waals surface area contributed by atoms with Crippen molar-refractivity contribution in [1.82, 2.24) is 20.2 Å². The summed E-state index contributed by atoms with van der Waals surface area (Å²) in [5, 5.41) is 12.8. The van der Waals surface area contributed by atoms with E-state index in [0.717, 1.165) is 16.8 Å². The third-order valence-electron chi connectivity index (χ3n) is 3.06. The molecule has 112 valence electrons. The topological polar surface area (TPSA) is 43.6 Å². The highest BCUT2D eigenvalue weighted by Crippen LogP contribution is 2.27. The summed E-state index contributed by atoms with van der Waals surface area (Å²) in [7, 11) is 0. The predicted molar refractivity (Wildman–Crippen MR) is 84.9 cm³/mol. The zero-order chi connectivity index (χ0) is 15.5. The van der Waals surface area contributed by atoms with E-state index in [2.05, 4.69) is 15.5 Å². The molecule has 0 fully saturated rings. The Morgan fingerprint density at radius 3 is 2.86 bits per heavy atom. The van der Waals surface area contributed by atoms with Gasteiger partial charge >= 0.3 is 0 Å². The molecule has 2 aromatic carbocycles. The van der Waals surface area contributed by atoms with Crippen LogP contribution in [0.3, 0.4) is 0 Å². The Bertz CT molecular complexity index is 806. The first-order valence-electron chi connectivity index (χ1n) is 6.55. The van der Waals surface area contributed by atoms with Crippen LogP contribution in [0.25, 0.3) is 5.69 Å². The van der Waals surface area contributed by atoms with Crippen LogP contribution in [0.15, 0.2) is 47.6 Å². The van der Waals surface area contributed by atoms with Crippen LogP contribution < -0.4 is 0 Å². The molecule has 0 saturated heterocycles. The van der Waals surface area contributed by atoms with Crippen LogP contribution in [0, 0.1) is 12.7 Å². The Labute approximate surface area is 136 Å². The Morgan fingerprint density at radius 1 is 1.23 bits per heavy atom. The Hall–Kier alpha value is -1.92. The molecule has 0 unspecified atom stereocenters. The maximum absolute atomic E-state index is 13.1. The van der Waals surface area contributed by atoms with Gasteiger partial charge in [0.15, 0.2) is 0 Å². The van der Waals surface area contributed by atoms with Crippen molar-refractivity contribution in [1.29, 1.82) is 0 Å². The highest BCUT2D eigenvalue weighted by molar-refractivity contribution is 7.98. The van der Waals surface area contributed by atoms with E-state index in [1.165, 1.54) is 23.9 Å². The van der Waals surface area contributed by atoms with Crippen LogP contribution in [-0.4, -0.2) is 20.2 Å². The van der Waals surface area contributed by atoms with E-state index < -0.39 is 0 Å². The lowest BCUT2D eigenvalue weighted by Crippen LogP contribution is -1.99. The predicted octanol–water partition coefficient (Wildman–Crippen LogP) is 4.06. The third kappa shape index (κ3) is 3.28. The van der Waals surface area contributed by atoms with E-state index in [-0.39, 0.29) is 5.82 Å². The standard InChI is InChI=1S/C15H12ClFN4S/c1-10-3-2-4-13(7-10)21-15(18-19-20-21)22-9-11-5-6-12(17)8-14(11)16/h2-8H,9H2,1H3. The van der Waals surface area contributed by atoms with Crippen LogP contribution in [0.1, 0.15) is 11.1 Å². The van der Waals surface area contributed by atoms with Crippen molar-refractivity contribution >= 4 is 23.4 Å². The maximum atomic E-state index is 13.1. The molecule has 0 bridgehead atoms. The summed E-state index contributed by atoms with van der Waals surface area (Å²) in [6.45, 7) is 2.01. The number of thioether (sulfide) groups is 1. The SMILES string of the molecule is Cc1cccc(-n2nnnc2SCc2ccc(F)cc2Cl)c1. The van der Waals surface area contributed by atoms with Crippen molar-refractivity contribution in [2.24, 2.45) is 0 Å². The van der Waals surface area contributed by atoms with E-state index in [1.54, 1.807) is 10.7 Å². The van der Waals surface area contributed by atoms with Crippen molar-refractivity contribution in [3.63, 3.8) is 0 Å². The minimum absolute atomic E-state index is 0.344. The van der Waals surface area contributed by atoms with Crippen LogP contribution in [0.4, 0.5) is 4.39 Å². The third-order valence-corrected chi connectivity index (χ3v) is 4.38. The van der Waals surface area contributed by atoms with Crippen molar-refractivity contribution < 1.29 is 4.39 Å². The van der Waals surface area contributed by atoms with Crippen molar-refractivity contribution in [3.8, 4) is 5.69 Å². The minimum atomic E-state index is -0.344. The first-order chi connectivity index (χ1) is 10.6. The minimum Gasteiger partial charge on any atom is -0.207 e. The van der Waals surface area contributed by atoms with Crippen LogP contribution in [0.5, 0.6) is 0 Å². The normalized spacial score (nSPS) is 10.9. The van der Waals surface area contributed by atoms with Gasteiger partial charge in [0.05, 0.1) is 5.69 Å². The molecule has 0 radical (unpaired) electrons. The number of hydrogen-bond donors (Lipinski definition) is 0. The second-order valence-corrected chi connectivity index (χ2v) is 6.09. The smallest absolute Gasteiger partial charge is 0.207 e. The van der Waals surface area contributed by atoms with Gasteiger partial charge in [-0.15, -0.1) is 5.10 Å². The van der Waals surface area contributed by atoms with Gasteiger partial charge in [0.1, 0.15) is 5.82 Å². The summed E-state index contributed by atoms with van der Waals surface area (Å²) in [5.74, 6) is 0.217. The van der Waals surface area contributed by atoms with E-state index in [9.17, 15) is 4.39 Å². The fraction of sp³-hybridized carbons (Fsp3) is 0.133. The van der Waals surface area contributed by atoms with Gasteiger partial charge in [-0.2, -0.15) is 4.68 Å². The van der Waals surface area contributed by atoms with Gasteiger partial charge < -0.3 is 0 Å². The summed E-state index contributed by atoms with van der Waals surface area (Å²) < 4.78 is 14.7. The second kappa shape index (κ2) is 6.46. The quantitative estimate of drug-likeness (QED) is 0.675. The number of halogens is 2. The molecule has 0 aliphatic heterocycles. The molecule has 0 aliphatic rings. The summed E-state index contributed by atoms with van der Waals surface area (Å²) >= 11 is 7.48. The number of aryl methyl sites for hydroxylation is 1. The summed E-state index contributed by atoms with van der Waals surface area (Å²) in [4.78, 5) is 0. The highest BCUT2D eigenvalue weighted by atomic mass is 35.5. The first kappa shape index (κ1) is 15.0. The average molecular weight is 335 g/mol. The van der Waals surface area contributed by atoms with Crippen molar-refractivity contribution in [3.05, 3.63) is 64.4 Å². The lowest BCUT2D eigenvalue weighted by Gasteiger charge is -2.06. The number of aromatic nitrogens is 4. The average Bonchev–Trinajstić information content (AvgIpc) is 2.95. The molecule has 1 heterocycles. The fourth-order valence-corrected chi connectivity index (χ4v) is 3.18. The van der Waals surface area contributed by atoms with Gasteiger partial charge in [-0.3, -0.25) is 0 Å². The Kier molecular flexibility index (Phi) is 4.40. The van der Waals surface area contributed by atoms with E-state index >= 15 is 0 Å². The maximum Gasteiger partial charge on any atom is 0.214 e. The van der Waals surface area contributed by atoms with Gasteiger partial charge in [-0.1, -0.05) is 41.6 Å². The van der Waals surface area contributed by atoms with E-state index in [0.29, 0.717) is 15.9 Å². The molecule has 0 N–H and O–H groups in total. The molecule has 1 aromatic heterocycles. The Balaban J connectivity index is 1.81. The molecular formula is C15H12ClFN4S. The molecule has 3 aromatic rings. The molecule has 0 aliphatic carbocycles. The molecule has 0 amide bonds. The van der Waals surface area contributed by atoms with E-state index in [1.807, 2.05) is 31.2 Å².